The average molecular weight is 284 g/mol. The van der Waals surface area contributed by atoms with E-state index in [1.165, 1.54) is 38.2 Å². The number of hydrogen-bond donors (Lipinski definition) is 2. The van der Waals surface area contributed by atoms with Gasteiger partial charge in [-0.3, -0.25) is 11.3 Å². The lowest BCUT2D eigenvalue weighted by molar-refractivity contribution is 0.466. The minimum absolute atomic E-state index is 0.110. The molecular weight excluding hydrogens is 258 g/mol. The van der Waals surface area contributed by atoms with Gasteiger partial charge >= 0.3 is 0 Å². The summed E-state index contributed by atoms with van der Waals surface area (Å²) in [5.41, 5.74) is 3.39. The van der Waals surface area contributed by atoms with E-state index in [2.05, 4.69) is 12.3 Å². The van der Waals surface area contributed by atoms with Crippen molar-refractivity contribution in [3.63, 3.8) is 0 Å². The first-order chi connectivity index (χ1) is 9.69. The number of nitrogens with two attached hydrogens (primary N) is 1. The topological polar surface area (TPSA) is 38.0 Å². The van der Waals surface area contributed by atoms with Gasteiger partial charge in [-0.1, -0.05) is 57.9 Å². The fraction of sp³-hybridized carbons (Fsp3) is 0.625. The molecule has 1 atom stereocenters. The Bertz CT molecular complexity index is 383. The molecule has 0 saturated heterocycles. The summed E-state index contributed by atoms with van der Waals surface area (Å²) in [6, 6.07) is 3.85. The highest BCUT2D eigenvalue weighted by Gasteiger charge is 2.12. The second-order valence-corrected chi connectivity index (χ2v) is 5.30. The van der Waals surface area contributed by atoms with E-state index < -0.39 is 11.6 Å². The molecular formula is C16H26F2N2. The smallest absolute Gasteiger partial charge is 0.159 e. The molecule has 0 bridgehead atoms. The molecule has 1 unspecified atom stereocenters. The van der Waals surface area contributed by atoms with Crippen LogP contribution >= 0.6 is 0 Å². The van der Waals surface area contributed by atoms with Gasteiger partial charge in [-0.25, -0.2) is 8.78 Å². The van der Waals surface area contributed by atoms with Gasteiger partial charge in [-0.15, -0.1) is 0 Å². The van der Waals surface area contributed by atoms with E-state index >= 15 is 0 Å². The Hall–Kier alpha value is -1.00. The van der Waals surface area contributed by atoms with E-state index in [1.54, 1.807) is 6.07 Å². The minimum atomic E-state index is -0.819. The van der Waals surface area contributed by atoms with Gasteiger partial charge in [0.25, 0.3) is 0 Å². The van der Waals surface area contributed by atoms with Gasteiger partial charge in [-0.2, -0.15) is 0 Å². The molecule has 0 fully saturated rings. The van der Waals surface area contributed by atoms with Crippen molar-refractivity contribution in [3.8, 4) is 0 Å². The Kier molecular flexibility index (Phi) is 8.38. The van der Waals surface area contributed by atoms with Crippen LogP contribution in [-0.2, 0) is 0 Å². The van der Waals surface area contributed by atoms with Gasteiger partial charge < -0.3 is 0 Å². The standard InChI is InChI=1S/C16H26F2N2/c1-2-3-4-5-6-7-8-9-16(20-19)13-10-11-14(17)15(18)12-13/h10-12,16,20H,2-9,19H2,1H3. The molecule has 0 spiro atoms. The molecule has 1 aromatic carbocycles. The molecule has 0 aliphatic carbocycles. The monoisotopic (exact) mass is 284 g/mol. The summed E-state index contributed by atoms with van der Waals surface area (Å²) in [4.78, 5) is 0. The van der Waals surface area contributed by atoms with Crippen LogP contribution in [0.1, 0.15) is 69.9 Å². The zero-order valence-electron chi connectivity index (χ0n) is 12.3. The predicted octanol–water partition coefficient (Wildman–Crippen LogP) is 4.61. The van der Waals surface area contributed by atoms with E-state index in [4.69, 9.17) is 5.84 Å². The van der Waals surface area contributed by atoms with Crippen LogP contribution in [0.3, 0.4) is 0 Å². The molecule has 1 rings (SSSR count). The zero-order chi connectivity index (χ0) is 14.8. The first-order valence-electron chi connectivity index (χ1n) is 7.60. The third-order valence-electron chi connectivity index (χ3n) is 3.64. The molecule has 114 valence electrons. The summed E-state index contributed by atoms with van der Waals surface area (Å²) >= 11 is 0. The largest absolute Gasteiger partial charge is 0.271 e. The number of nitrogens with one attached hydrogen (secondary N) is 1. The van der Waals surface area contributed by atoms with Crippen LogP contribution in [-0.4, -0.2) is 0 Å². The Labute approximate surface area is 120 Å². The van der Waals surface area contributed by atoms with Crippen molar-refractivity contribution in [2.45, 2.75) is 64.3 Å². The molecule has 0 aliphatic rings. The van der Waals surface area contributed by atoms with Gasteiger partial charge in [0.15, 0.2) is 11.6 Å². The third-order valence-corrected chi connectivity index (χ3v) is 3.64. The highest BCUT2D eigenvalue weighted by molar-refractivity contribution is 5.21. The first-order valence-corrected chi connectivity index (χ1v) is 7.60. The maximum absolute atomic E-state index is 13.2. The van der Waals surface area contributed by atoms with Gasteiger partial charge in [0.1, 0.15) is 0 Å². The number of unbranched alkanes of at least 4 members (excludes halogenated alkanes) is 6. The Morgan fingerprint density at radius 1 is 1.00 bits per heavy atom. The fourth-order valence-electron chi connectivity index (χ4n) is 2.38. The van der Waals surface area contributed by atoms with Gasteiger partial charge in [0.05, 0.1) is 0 Å². The van der Waals surface area contributed by atoms with Crippen molar-refractivity contribution in [1.29, 1.82) is 0 Å². The molecule has 0 amide bonds. The maximum Gasteiger partial charge on any atom is 0.159 e. The number of halogens is 2. The lowest BCUT2D eigenvalue weighted by atomic mass is 10.00. The van der Waals surface area contributed by atoms with Crippen LogP contribution in [0, 0.1) is 11.6 Å². The predicted molar refractivity (Wildman–Crippen MR) is 79.0 cm³/mol. The van der Waals surface area contributed by atoms with E-state index in [0.717, 1.165) is 25.3 Å². The molecule has 0 aromatic heterocycles. The molecule has 3 N–H and O–H groups in total. The number of hydrogen-bond acceptors (Lipinski definition) is 2. The second kappa shape index (κ2) is 9.83. The van der Waals surface area contributed by atoms with Crippen molar-refractivity contribution in [2.24, 2.45) is 5.84 Å². The van der Waals surface area contributed by atoms with E-state index in [9.17, 15) is 8.78 Å². The van der Waals surface area contributed by atoms with Crippen molar-refractivity contribution >= 4 is 0 Å². The summed E-state index contributed by atoms with van der Waals surface area (Å²) in [7, 11) is 0. The summed E-state index contributed by atoms with van der Waals surface area (Å²) < 4.78 is 26.1. The Morgan fingerprint density at radius 3 is 2.25 bits per heavy atom. The Morgan fingerprint density at radius 2 is 1.65 bits per heavy atom. The van der Waals surface area contributed by atoms with Crippen LogP contribution in [0.5, 0.6) is 0 Å². The summed E-state index contributed by atoms with van der Waals surface area (Å²) in [6.45, 7) is 2.21. The van der Waals surface area contributed by atoms with Crippen LogP contribution in [0.2, 0.25) is 0 Å². The van der Waals surface area contributed by atoms with Crippen LogP contribution < -0.4 is 11.3 Å². The molecule has 2 nitrogen and oxygen atoms in total. The number of benzene rings is 1. The van der Waals surface area contributed by atoms with Crippen LogP contribution in [0.15, 0.2) is 18.2 Å². The van der Waals surface area contributed by atoms with E-state index in [1.807, 2.05) is 0 Å². The number of rotatable bonds is 10. The SMILES string of the molecule is CCCCCCCCCC(NN)c1ccc(F)c(F)c1. The molecule has 0 saturated carbocycles. The normalized spacial score (nSPS) is 12.6. The van der Waals surface area contributed by atoms with E-state index in [0.29, 0.717) is 5.56 Å². The first kappa shape index (κ1) is 17.1. The summed E-state index contributed by atoms with van der Waals surface area (Å²) in [5.74, 6) is 3.87. The van der Waals surface area contributed by atoms with E-state index in [-0.39, 0.29) is 6.04 Å². The van der Waals surface area contributed by atoms with Crippen molar-refractivity contribution in [1.82, 2.24) is 5.43 Å². The molecule has 0 radical (unpaired) electrons. The molecule has 0 aliphatic heterocycles. The van der Waals surface area contributed by atoms with Crippen LogP contribution in [0.4, 0.5) is 8.78 Å². The summed E-state index contributed by atoms with van der Waals surface area (Å²) in [6.07, 6.45) is 9.42. The van der Waals surface area contributed by atoms with Crippen molar-refractivity contribution in [2.75, 3.05) is 0 Å². The van der Waals surface area contributed by atoms with Gasteiger partial charge in [-0.05, 0) is 24.1 Å². The zero-order valence-corrected chi connectivity index (χ0v) is 12.3. The number of hydrazine groups is 1. The lowest BCUT2D eigenvalue weighted by Crippen LogP contribution is -2.28. The van der Waals surface area contributed by atoms with Gasteiger partial charge in [0.2, 0.25) is 0 Å². The van der Waals surface area contributed by atoms with Gasteiger partial charge in [0, 0.05) is 6.04 Å². The average Bonchev–Trinajstić information content (AvgIpc) is 2.45. The highest BCUT2D eigenvalue weighted by Crippen LogP contribution is 2.21. The molecule has 1 aromatic rings. The minimum Gasteiger partial charge on any atom is -0.271 e. The van der Waals surface area contributed by atoms with Crippen molar-refractivity contribution < 1.29 is 8.78 Å². The fourth-order valence-corrected chi connectivity index (χ4v) is 2.38. The molecule has 4 heteroatoms. The lowest BCUT2D eigenvalue weighted by Gasteiger charge is -2.16. The van der Waals surface area contributed by atoms with Crippen LogP contribution in [0.25, 0.3) is 0 Å². The van der Waals surface area contributed by atoms with Crippen molar-refractivity contribution in [3.05, 3.63) is 35.4 Å². The third kappa shape index (κ3) is 5.97. The maximum atomic E-state index is 13.2. The summed E-state index contributed by atoms with van der Waals surface area (Å²) in [5, 5.41) is 0. The second-order valence-electron chi connectivity index (χ2n) is 5.30. The highest BCUT2D eigenvalue weighted by atomic mass is 19.2. The quantitative estimate of drug-likeness (QED) is 0.374. The molecule has 0 heterocycles. The molecule has 20 heavy (non-hydrogen) atoms. The Balaban J connectivity index is 2.30.